The Hall–Kier alpha value is -0.500. The molecule has 0 amide bonds. The van der Waals surface area contributed by atoms with Gasteiger partial charge in [-0.1, -0.05) is 19.9 Å². The van der Waals surface area contributed by atoms with Crippen molar-refractivity contribution >= 4 is 0 Å². The Morgan fingerprint density at radius 1 is 1.23 bits per heavy atom. The maximum absolute atomic E-state index is 9.97. The molecule has 1 saturated heterocycles. The van der Waals surface area contributed by atoms with E-state index in [0.717, 1.165) is 12.3 Å². The van der Waals surface area contributed by atoms with Crippen molar-refractivity contribution in [3.63, 3.8) is 0 Å². The van der Waals surface area contributed by atoms with Crippen LogP contribution in [0.25, 0.3) is 0 Å². The second kappa shape index (κ2) is 5.85. The SMILES string of the molecule is CC1(C)C2CC=C(COC3OC(CO)C(O)C(O)C3O)C1C2. The molecule has 1 saturated carbocycles. The average molecular weight is 314 g/mol. The summed E-state index contributed by atoms with van der Waals surface area (Å²) in [4.78, 5) is 0. The normalized spacial score (nSPS) is 46.8. The summed E-state index contributed by atoms with van der Waals surface area (Å²) in [6, 6.07) is 0. The molecule has 0 spiro atoms. The van der Waals surface area contributed by atoms with Crippen molar-refractivity contribution in [3.8, 4) is 0 Å². The fourth-order valence-electron chi connectivity index (χ4n) is 4.02. The Bertz CT molecular complexity index is 446. The van der Waals surface area contributed by atoms with Crippen molar-refractivity contribution in [2.24, 2.45) is 17.3 Å². The molecule has 6 nitrogen and oxygen atoms in total. The van der Waals surface area contributed by atoms with Crippen LogP contribution >= 0.6 is 0 Å². The minimum Gasteiger partial charge on any atom is -0.394 e. The molecule has 0 radical (unpaired) electrons. The fourth-order valence-corrected chi connectivity index (χ4v) is 4.02. The Morgan fingerprint density at radius 2 is 1.95 bits per heavy atom. The zero-order valence-electron chi connectivity index (χ0n) is 13.1. The third-order valence-corrected chi connectivity index (χ3v) is 5.85. The molecule has 2 fully saturated rings. The second-order valence-corrected chi connectivity index (χ2v) is 7.33. The third kappa shape index (κ3) is 2.52. The van der Waals surface area contributed by atoms with Crippen LogP contribution in [0, 0.1) is 17.3 Å². The van der Waals surface area contributed by atoms with E-state index in [9.17, 15) is 20.4 Å². The van der Waals surface area contributed by atoms with Gasteiger partial charge in [-0.25, -0.2) is 0 Å². The summed E-state index contributed by atoms with van der Waals surface area (Å²) in [5.74, 6) is 1.24. The lowest BCUT2D eigenvalue weighted by Gasteiger charge is -2.56. The van der Waals surface area contributed by atoms with Gasteiger partial charge in [-0.05, 0) is 35.7 Å². The van der Waals surface area contributed by atoms with E-state index in [1.165, 1.54) is 12.0 Å². The molecule has 7 atom stereocenters. The van der Waals surface area contributed by atoms with Crippen LogP contribution in [0.5, 0.6) is 0 Å². The molecule has 4 rings (SSSR count). The summed E-state index contributed by atoms with van der Waals surface area (Å²) in [5.41, 5.74) is 1.51. The predicted octanol–water partition coefficient (Wildman–Crippen LogP) is -0.205. The summed E-state index contributed by atoms with van der Waals surface area (Å²) in [7, 11) is 0. The lowest BCUT2D eigenvalue weighted by molar-refractivity contribution is -0.299. The van der Waals surface area contributed by atoms with Gasteiger partial charge >= 0.3 is 0 Å². The van der Waals surface area contributed by atoms with Crippen molar-refractivity contribution in [1.29, 1.82) is 0 Å². The zero-order chi connectivity index (χ0) is 16.1. The topological polar surface area (TPSA) is 99.4 Å². The molecule has 7 unspecified atom stereocenters. The number of hydrogen-bond donors (Lipinski definition) is 4. The third-order valence-electron chi connectivity index (χ3n) is 5.85. The lowest BCUT2D eigenvalue weighted by atomic mass is 9.49. The van der Waals surface area contributed by atoms with Gasteiger partial charge in [0, 0.05) is 0 Å². The first-order chi connectivity index (χ1) is 10.4. The number of hydrogen-bond acceptors (Lipinski definition) is 6. The molecule has 0 aromatic rings. The standard InChI is InChI=1S/C16H26O6/c1-16(2)9-4-3-8(10(16)5-9)7-21-15-14(20)13(19)12(18)11(6-17)22-15/h3,9-15,17-20H,4-7H2,1-2H3. The molecule has 0 aromatic heterocycles. The van der Waals surface area contributed by atoms with Crippen LogP contribution in [0.3, 0.4) is 0 Å². The highest BCUT2D eigenvalue weighted by Gasteiger charge is 2.51. The monoisotopic (exact) mass is 314 g/mol. The Balaban J connectivity index is 1.60. The Morgan fingerprint density at radius 3 is 2.55 bits per heavy atom. The first-order valence-electron chi connectivity index (χ1n) is 7.97. The van der Waals surface area contributed by atoms with E-state index in [1.54, 1.807) is 0 Å². The molecule has 1 heterocycles. The average Bonchev–Trinajstić information content (AvgIpc) is 2.52. The minimum atomic E-state index is -1.39. The van der Waals surface area contributed by atoms with Gasteiger partial charge in [-0.3, -0.25) is 0 Å². The maximum Gasteiger partial charge on any atom is 0.187 e. The molecular formula is C16H26O6. The van der Waals surface area contributed by atoms with Gasteiger partial charge in [0.15, 0.2) is 6.29 Å². The van der Waals surface area contributed by atoms with E-state index in [2.05, 4.69) is 19.9 Å². The number of rotatable bonds is 4. The zero-order valence-corrected chi connectivity index (χ0v) is 13.1. The quantitative estimate of drug-likeness (QED) is 0.536. The molecule has 22 heavy (non-hydrogen) atoms. The largest absolute Gasteiger partial charge is 0.394 e. The van der Waals surface area contributed by atoms with Gasteiger partial charge in [-0.2, -0.15) is 0 Å². The number of aliphatic hydroxyl groups is 4. The van der Waals surface area contributed by atoms with Crippen molar-refractivity contribution < 1.29 is 29.9 Å². The molecule has 126 valence electrons. The van der Waals surface area contributed by atoms with Gasteiger partial charge in [0.05, 0.1) is 13.2 Å². The highest BCUT2D eigenvalue weighted by Crippen LogP contribution is 2.59. The van der Waals surface area contributed by atoms with Crippen molar-refractivity contribution in [1.82, 2.24) is 0 Å². The summed E-state index contributed by atoms with van der Waals surface area (Å²) in [6.07, 6.45) is -1.60. The number of fused-ring (bicyclic) bond motifs is 1. The van der Waals surface area contributed by atoms with E-state index < -0.39 is 37.3 Å². The molecule has 1 aliphatic heterocycles. The first-order valence-corrected chi connectivity index (χ1v) is 7.97. The summed E-state index contributed by atoms with van der Waals surface area (Å²) < 4.78 is 11.0. The van der Waals surface area contributed by atoms with Crippen molar-refractivity contribution in [2.45, 2.75) is 57.4 Å². The van der Waals surface area contributed by atoms with Crippen LogP contribution in [-0.4, -0.2) is 64.3 Å². The molecule has 6 heteroatoms. The molecular weight excluding hydrogens is 288 g/mol. The van der Waals surface area contributed by atoms with E-state index >= 15 is 0 Å². The predicted molar refractivity (Wildman–Crippen MR) is 77.8 cm³/mol. The molecule has 0 aromatic carbocycles. The van der Waals surface area contributed by atoms with Crippen LogP contribution in [-0.2, 0) is 9.47 Å². The number of allylic oxidation sites excluding steroid dienone is 1. The highest BCUT2D eigenvalue weighted by atomic mass is 16.7. The molecule has 4 aliphatic rings. The smallest absolute Gasteiger partial charge is 0.187 e. The molecule has 3 aliphatic carbocycles. The maximum atomic E-state index is 9.97. The van der Waals surface area contributed by atoms with Crippen LogP contribution in [0.15, 0.2) is 11.6 Å². The van der Waals surface area contributed by atoms with Gasteiger partial charge in [-0.15, -0.1) is 0 Å². The summed E-state index contributed by atoms with van der Waals surface area (Å²) in [5, 5.41) is 38.7. The van der Waals surface area contributed by atoms with Gasteiger partial charge in [0.2, 0.25) is 0 Å². The fraction of sp³-hybridized carbons (Fsp3) is 0.875. The van der Waals surface area contributed by atoms with E-state index in [1.807, 2.05) is 0 Å². The van der Waals surface area contributed by atoms with E-state index in [4.69, 9.17) is 9.47 Å². The van der Waals surface area contributed by atoms with Crippen molar-refractivity contribution in [2.75, 3.05) is 13.2 Å². The Labute approximate surface area is 130 Å². The van der Waals surface area contributed by atoms with Gasteiger partial charge < -0.3 is 29.9 Å². The number of ether oxygens (including phenoxy) is 2. The van der Waals surface area contributed by atoms with E-state index in [0.29, 0.717) is 17.9 Å². The molecule has 2 bridgehead atoms. The van der Waals surface area contributed by atoms with Crippen molar-refractivity contribution in [3.05, 3.63) is 11.6 Å². The second-order valence-electron chi connectivity index (χ2n) is 7.33. The van der Waals surface area contributed by atoms with Crippen LogP contribution < -0.4 is 0 Å². The van der Waals surface area contributed by atoms with E-state index in [-0.39, 0.29) is 0 Å². The van der Waals surface area contributed by atoms with Crippen LogP contribution in [0.4, 0.5) is 0 Å². The van der Waals surface area contributed by atoms with Gasteiger partial charge in [0.1, 0.15) is 24.4 Å². The van der Waals surface area contributed by atoms with Crippen LogP contribution in [0.1, 0.15) is 26.7 Å². The summed E-state index contributed by atoms with van der Waals surface area (Å²) >= 11 is 0. The van der Waals surface area contributed by atoms with Crippen LogP contribution in [0.2, 0.25) is 0 Å². The number of aliphatic hydroxyl groups excluding tert-OH is 4. The first kappa shape index (κ1) is 16.4. The Kier molecular flexibility index (Phi) is 4.35. The summed E-state index contributed by atoms with van der Waals surface area (Å²) in [6.45, 7) is 4.44. The highest BCUT2D eigenvalue weighted by molar-refractivity contribution is 5.23. The lowest BCUT2D eigenvalue weighted by Crippen LogP contribution is -2.59. The molecule has 4 N–H and O–H groups in total. The van der Waals surface area contributed by atoms with Gasteiger partial charge in [0.25, 0.3) is 0 Å². The minimum absolute atomic E-state index is 0.294.